The maximum atomic E-state index is 6.10. The third-order valence-electron chi connectivity index (χ3n) is 4.74. The summed E-state index contributed by atoms with van der Waals surface area (Å²) in [6, 6.07) is 11.1. The van der Waals surface area contributed by atoms with Crippen molar-refractivity contribution in [2.45, 2.75) is 37.3 Å². The molecule has 1 aromatic carbocycles. The lowest BCUT2D eigenvalue weighted by Crippen LogP contribution is -2.60. The number of hydrogen-bond donors (Lipinski definition) is 1. The molecule has 0 aromatic heterocycles. The maximum Gasteiger partial charge on any atom is 0.0477 e. The van der Waals surface area contributed by atoms with Crippen LogP contribution in [0.3, 0.4) is 0 Å². The van der Waals surface area contributed by atoms with Crippen molar-refractivity contribution in [3.05, 3.63) is 47.5 Å². The highest BCUT2D eigenvalue weighted by Crippen LogP contribution is 2.37. The minimum Gasteiger partial charge on any atom is -0.308 e. The van der Waals surface area contributed by atoms with Gasteiger partial charge in [-0.1, -0.05) is 61.4 Å². The Morgan fingerprint density at radius 3 is 2.65 bits per heavy atom. The van der Waals surface area contributed by atoms with E-state index in [-0.39, 0.29) is 0 Å². The predicted molar refractivity (Wildman–Crippen MR) is 85.0 cm³/mol. The number of halogens is 1. The number of nitrogens with zero attached hydrogens (tertiary/aromatic N) is 1. The summed E-state index contributed by atoms with van der Waals surface area (Å²) < 4.78 is 0. The summed E-state index contributed by atoms with van der Waals surface area (Å²) in [5, 5.41) is 4.57. The van der Waals surface area contributed by atoms with Crippen molar-refractivity contribution in [3.8, 4) is 0 Å². The summed E-state index contributed by atoms with van der Waals surface area (Å²) in [4.78, 5) is 2.51. The van der Waals surface area contributed by atoms with Crippen molar-refractivity contribution in [3.63, 3.8) is 0 Å². The Labute approximate surface area is 126 Å². The van der Waals surface area contributed by atoms with Crippen molar-refractivity contribution < 1.29 is 0 Å². The molecular weight excluding hydrogens is 268 g/mol. The predicted octanol–water partition coefficient (Wildman–Crippen LogP) is 3.70. The van der Waals surface area contributed by atoms with Gasteiger partial charge < -0.3 is 5.32 Å². The van der Waals surface area contributed by atoms with Gasteiger partial charge in [-0.25, -0.2) is 0 Å². The van der Waals surface area contributed by atoms with Crippen LogP contribution in [0.2, 0.25) is 0 Å². The maximum absolute atomic E-state index is 6.10. The fourth-order valence-corrected chi connectivity index (χ4v) is 3.93. The first-order valence-electron chi connectivity index (χ1n) is 7.56. The third kappa shape index (κ3) is 2.93. The fourth-order valence-electron chi connectivity index (χ4n) is 3.77. The molecule has 1 heterocycles. The highest BCUT2D eigenvalue weighted by atomic mass is 35.5. The largest absolute Gasteiger partial charge is 0.308 e. The average Bonchev–Trinajstić information content (AvgIpc) is 2.87. The minimum atomic E-state index is 0.317. The van der Waals surface area contributed by atoms with Crippen LogP contribution in [0.4, 0.5) is 0 Å². The Bertz CT molecular complexity index is 465. The molecule has 0 amide bonds. The molecule has 2 aliphatic rings. The molecular formula is C17H23ClN2. The van der Waals surface area contributed by atoms with Gasteiger partial charge in [-0.15, -0.1) is 0 Å². The van der Waals surface area contributed by atoms with Crippen molar-refractivity contribution in [1.29, 1.82) is 0 Å². The summed E-state index contributed by atoms with van der Waals surface area (Å²) in [5.74, 6) is 0. The summed E-state index contributed by atoms with van der Waals surface area (Å²) >= 11 is 6.10. The van der Waals surface area contributed by atoms with E-state index in [1.807, 2.05) is 0 Å². The number of benzene rings is 1. The Kier molecular flexibility index (Phi) is 4.16. The molecule has 0 bridgehead atoms. The van der Waals surface area contributed by atoms with E-state index in [9.17, 15) is 0 Å². The van der Waals surface area contributed by atoms with Gasteiger partial charge in [0.1, 0.15) is 0 Å². The lowest BCUT2D eigenvalue weighted by atomic mass is 9.90. The number of piperazine rings is 1. The number of rotatable bonds is 3. The van der Waals surface area contributed by atoms with Crippen molar-refractivity contribution in [2.24, 2.45) is 0 Å². The zero-order valence-electron chi connectivity index (χ0n) is 11.9. The van der Waals surface area contributed by atoms with E-state index >= 15 is 0 Å². The molecule has 3 heteroatoms. The van der Waals surface area contributed by atoms with Crippen LogP contribution in [-0.4, -0.2) is 30.1 Å². The SMILES string of the molecule is C=C(Cl)CN1CC2(CCCC2)NCC1c1ccccc1. The zero-order valence-corrected chi connectivity index (χ0v) is 12.7. The van der Waals surface area contributed by atoms with E-state index in [0.29, 0.717) is 11.6 Å². The molecule has 108 valence electrons. The second kappa shape index (κ2) is 5.88. The van der Waals surface area contributed by atoms with Crippen LogP contribution < -0.4 is 5.32 Å². The van der Waals surface area contributed by atoms with Crippen molar-refractivity contribution in [2.75, 3.05) is 19.6 Å². The van der Waals surface area contributed by atoms with Gasteiger partial charge in [-0.3, -0.25) is 4.90 Å². The molecule has 1 N–H and O–H groups in total. The second-order valence-electron chi connectivity index (χ2n) is 6.22. The molecule has 1 aliphatic carbocycles. The van der Waals surface area contributed by atoms with Crippen molar-refractivity contribution >= 4 is 11.6 Å². The smallest absolute Gasteiger partial charge is 0.0477 e. The van der Waals surface area contributed by atoms with E-state index in [2.05, 4.69) is 47.1 Å². The molecule has 1 spiro atoms. The summed E-state index contributed by atoms with van der Waals surface area (Å²) in [6.07, 6.45) is 5.27. The molecule has 1 aliphatic heterocycles. The summed E-state index contributed by atoms with van der Waals surface area (Å²) in [5.41, 5.74) is 1.68. The van der Waals surface area contributed by atoms with E-state index in [1.165, 1.54) is 31.2 Å². The van der Waals surface area contributed by atoms with E-state index in [4.69, 9.17) is 11.6 Å². The van der Waals surface area contributed by atoms with Gasteiger partial charge in [0, 0.05) is 36.2 Å². The second-order valence-corrected chi connectivity index (χ2v) is 6.75. The highest BCUT2D eigenvalue weighted by Gasteiger charge is 2.41. The summed E-state index contributed by atoms with van der Waals surface area (Å²) in [7, 11) is 0. The Morgan fingerprint density at radius 2 is 2.00 bits per heavy atom. The van der Waals surface area contributed by atoms with Gasteiger partial charge in [0.25, 0.3) is 0 Å². The number of nitrogens with one attached hydrogen (secondary N) is 1. The third-order valence-corrected chi connectivity index (χ3v) is 4.86. The van der Waals surface area contributed by atoms with Crippen LogP contribution >= 0.6 is 11.6 Å². The van der Waals surface area contributed by atoms with Crippen LogP contribution in [0.5, 0.6) is 0 Å². The molecule has 1 aromatic rings. The highest BCUT2D eigenvalue weighted by molar-refractivity contribution is 6.29. The molecule has 2 fully saturated rings. The lowest BCUT2D eigenvalue weighted by molar-refractivity contribution is 0.0905. The Balaban J connectivity index is 1.81. The lowest BCUT2D eigenvalue weighted by Gasteiger charge is -2.46. The molecule has 1 saturated heterocycles. The molecule has 1 saturated carbocycles. The first-order valence-corrected chi connectivity index (χ1v) is 7.94. The number of hydrogen-bond acceptors (Lipinski definition) is 2. The standard InChI is InChI=1S/C17H23ClN2/c1-14(18)12-20-13-17(9-5-6-10-17)19-11-16(20)15-7-3-2-4-8-15/h2-4,7-8,16,19H,1,5-6,9-13H2. The molecule has 1 atom stereocenters. The molecule has 2 nitrogen and oxygen atoms in total. The molecule has 20 heavy (non-hydrogen) atoms. The van der Waals surface area contributed by atoms with Crippen LogP contribution in [-0.2, 0) is 0 Å². The van der Waals surface area contributed by atoms with Gasteiger partial charge in [0.2, 0.25) is 0 Å². The summed E-state index contributed by atoms with van der Waals surface area (Å²) in [6.45, 7) is 6.77. The first-order chi connectivity index (χ1) is 9.69. The van der Waals surface area contributed by atoms with Gasteiger partial charge in [-0.2, -0.15) is 0 Å². The zero-order chi connectivity index (χ0) is 14.0. The first kappa shape index (κ1) is 14.1. The van der Waals surface area contributed by atoms with E-state index < -0.39 is 0 Å². The van der Waals surface area contributed by atoms with Crippen molar-refractivity contribution in [1.82, 2.24) is 10.2 Å². The van der Waals surface area contributed by atoms with Gasteiger partial charge in [0.15, 0.2) is 0 Å². The van der Waals surface area contributed by atoms with Crippen LogP contribution in [0.25, 0.3) is 0 Å². The van der Waals surface area contributed by atoms with Crippen LogP contribution in [0.1, 0.15) is 37.3 Å². The van der Waals surface area contributed by atoms with Gasteiger partial charge in [-0.05, 0) is 18.4 Å². The van der Waals surface area contributed by atoms with Crippen LogP contribution in [0.15, 0.2) is 41.9 Å². The average molecular weight is 291 g/mol. The quantitative estimate of drug-likeness (QED) is 0.913. The normalized spacial score (nSPS) is 25.9. The molecule has 0 radical (unpaired) electrons. The van der Waals surface area contributed by atoms with Gasteiger partial charge >= 0.3 is 0 Å². The Hall–Kier alpha value is -0.830. The molecule has 1 unspecified atom stereocenters. The topological polar surface area (TPSA) is 15.3 Å². The Morgan fingerprint density at radius 1 is 1.30 bits per heavy atom. The van der Waals surface area contributed by atoms with Gasteiger partial charge in [0.05, 0.1) is 0 Å². The van der Waals surface area contributed by atoms with E-state index in [1.54, 1.807) is 0 Å². The fraction of sp³-hybridized carbons (Fsp3) is 0.529. The molecule has 3 rings (SSSR count). The monoisotopic (exact) mass is 290 g/mol. The van der Waals surface area contributed by atoms with Crippen LogP contribution in [0, 0.1) is 0 Å². The minimum absolute atomic E-state index is 0.317. The van der Waals surface area contributed by atoms with E-state index in [0.717, 1.165) is 24.7 Å².